The highest BCUT2D eigenvalue weighted by Gasteiger charge is 2.08. The van der Waals surface area contributed by atoms with Gasteiger partial charge in [-0.05, 0) is 43.1 Å². The number of halogens is 2. The zero-order valence-electron chi connectivity index (χ0n) is 12.2. The van der Waals surface area contributed by atoms with Crippen molar-refractivity contribution < 1.29 is 4.39 Å². The first-order valence-electron chi connectivity index (χ1n) is 6.63. The summed E-state index contributed by atoms with van der Waals surface area (Å²) >= 11 is 0. The zero-order chi connectivity index (χ0) is 14.5. The molecule has 0 unspecified atom stereocenters. The fourth-order valence-corrected chi connectivity index (χ4v) is 2.20. The van der Waals surface area contributed by atoms with Crippen LogP contribution < -0.4 is 5.32 Å². The van der Waals surface area contributed by atoms with Crippen molar-refractivity contribution in [1.82, 2.24) is 9.88 Å². The first kappa shape index (κ1) is 17.2. The van der Waals surface area contributed by atoms with E-state index >= 15 is 0 Å². The summed E-state index contributed by atoms with van der Waals surface area (Å²) < 4.78 is 15.3. The number of benzene rings is 1. The molecule has 112 valence electrons. The molecule has 1 aromatic heterocycles. The summed E-state index contributed by atoms with van der Waals surface area (Å²) in [5.41, 5.74) is 3.58. The topological polar surface area (TPSA) is 40.8 Å². The summed E-state index contributed by atoms with van der Waals surface area (Å²) in [5, 5.41) is 12.3. The van der Waals surface area contributed by atoms with Crippen LogP contribution in [0.4, 0.5) is 4.39 Å². The summed E-state index contributed by atoms with van der Waals surface area (Å²) in [4.78, 5) is 0. The molecule has 2 rings (SSSR count). The lowest BCUT2D eigenvalue weighted by Gasteiger charge is -2.06. The second-order valence-corrected chi connectivity index (χ2v) is 4.83. The van der Waals surface area contributed by atoms with Crippen LogP contribution in [0, 0.1) is 24.1 Å². The van der Waals surface area contributed by atoms with Gasteiger partial charge >= 0.3 is 0 Å². The molecule has 1 heterocycles. The highest BCUT2D eigenvalue weighted by Crippen LogP contribution is 2.13. The molecular weight excluding hydrogens is 289 g/mol. The summed E-state index contributed by atoms with van der Waals surface area (Å²) in [6.07, 6.45) is 0.656. The monoisotopic (exact) mass is 307 g/mol. The van der Waals surface area contributed by atoms with Crippen LogP contribution in [0.15, 0.2) is 30.3 Å². The van der Waals surface area contributed by atoms with Gasteiger partial charge in [-0.3, -0.25) is 0 Å². The first-order chi connectivity index (χ1) is 9.63. The van der Waals surface area contributed by atoms with Crippen LogP contribution >= 0.6 is 12.4 Å². The van der Waals surface area contributed by atoms with Gasteiger partial charge in [-0.25, -0.2) is 4.39 Å². The van der Waals surface area contributed by atoms with E-state index in [9.17, 15) is 4.39 Å². The van der Waals surface area contributed by atoms with Crippen LogP contribution in [0.5, 0.6) is 0 Å². The van der Waals surface area contributed by atoms with Crippen LogP contribution in [0.25, 0.3) is 0 Å². The van der Waals surface area contributed by atoms with Crippen LogP contribution in [0.2, 0.25) is 0 Å². The van der Waals surface area contributed by atoms with Crippen LogP contribution in [-0.4, -0.2) is 11.1 Å². The Kier molecular flexibility index (Phi) is 6.41. The SMILES string of the molecule is Cc1c(CNCCc2ccccc2F)cc(C#N)n1C.Cl. The number of nitrogens with one attached hydrogen (secondary N) is 1. The van der Waals surface area contributed by atoms with Gasteiger partial charge in [0.2, 0.25) is 0 Å². The maximum atomic E-state index is 13.4. The fraction of sp³-hybridized carbons (Fsp3) is 0.312. The van der Waals surface area contributed by atoms with Gasteiger partial charge in [0.05, 0.1) is 0 Å². The van der Waals surface area contributed by atoms with Gasteiger partial charge in [0.15, 0.2) is 0 Å². The van der Waals surface area contributed by atoms with E-state index in [4.69, 9.17) is 5.26 Å². The van der Waals surface area contributed by atoms with Gasteiger partial charge in [-0.1, -0.05) is 18.2 Å². The van der Waals surface area contributed by atoms with E-state index in [-0.39, 0.29) is 18.2 Å². The predicted molar refractivity (Wildman–Crippen MR) is 83.9 cm³/mol. The van der Waals surface area contributed by atoms with Crippen LogP contribution in [0.3, 0.4) is 0 Å². The molecule has 0 aliphatic carbocycles. The molecule has 0 amide bonds. The lowest BCUT2D eigenvalue weighted by molar-refractivity contribution is 0.597. The Morgan fingerprint density at radius 3 is 2.62 bits per heavy atom. The van der Waals surface area contributed by atoms with Crippen LogP contribution in [-0.2, 0) is 20.0 Å². The molecule has 0 aliphatic heterocycles. The number of rotatable bonds is 5. The van der Waals surface area contributed by atoms with Gasteiger partial charge in [-0.15, -0.1) is 12.4 Å². The molecular formula is C16H19ClFN3. The Morgan fingerprint density at radius 1 is 1.29 bits per heavy atom. The maximum absolute atomic E-state index is 13.4. The molecule has 0 bridgehead atoms. The molecule has 1 N–H and O–H groups in total. The third kappa shape index (κ3) is 4.07. The average Bonchev–Trinajstić information content (AvgIpc) is 2.73. The van der Waals surface area contributed by atoms with Gasteiger partial charge in [0.1, 0.15) is 17.6 Å². The number of aromatic nitrogens is 1. The van der Waals surface area contributed by atoms with Crippen molar-refractivity contribution in [1.29, 1.82) is 5.26 Å². The fourth-order valence-electron chi connectivity index (χ4n) is 2.20. The lowest BCUT2D eigenvalue weighted by Crippen LogP contribution is -2.17. The molecule has 5 heteroatoms. The number of nitriles is 1. The molecule has 0 fully saturated rings. The minimum absolute atomic E-state index is 0. The van der Waals surface area contributed by atoms with E-state index in [1.54, 1.807) is 12.1 Å². The van der Waals surface area contributed by atoms with Gasteiger partial charge in [0, 0.05) is 19.3 Å². The standard InChI is InChI=1S/C16H18FN3.ClH/c1-12-14(9-15(10-18)20(12)2)11-19-8-7-13-5-3-4-6-16(13)17;/h3-6,9,19H,7-8,11H2,1-2H3;1H. The average molecular weight is 308 g/mol. The van der Waals surface area contributed by atoms with Crippen molar-refractivity contribution in [3.8, 4) is 6.07 Å². The highest BCUT2D eigenvalue weighted by molar-refractivity contribution is 5.85. The van der Waals surface area contributed by atoms with Crippen molar-refractivity contribution in [2.45, 2.75) is 19.9 Å². The van der Waals surface area contributed by atoms with Crippen molar-refractivity contribution >= 4 is 12.4 Å². The molecule has 3 nitrogen and oxygen atoms in total. The Labute approximate surface area is 130 Å². The van der Waals surface area contributed by atoms with Crippen molar-refractivity contribution in [2.24, 2.45) is 7.05 Å². The van der Waals surface area contributed by atoms with Gasteiger partial charge < -0.3 is 9.88 Å². The number of hydrogen-bond donors (Lipinski definition) is 1. The summed E-state index contributed by atoms with van der Waals surface area (Å²) in [6, 6.07) is 10.9. The highest BCUT2D eigenvalue weighted by atomic mass is 35.5. The molecule has 1 aromatic carbocycles. The van der Waals surface area contributed by atoms with Gasteiger partial charge in [0.25, 0.3) is 0 Å². The predicted octanol–water partition coefficient (Wildman–Crippen LogP) is 3.10. The Bertz CT molecular complexity index is 643. The van der Waals surface area contributed by atoms with Crippen molar-refractivity contribution in [3.05, 3.63) is 58.7 Å². The van der Waals surface area contributed by atoms with E-state index in [1.165, 1.54) is 6.07 Å². The van der Waals surface area contributed by atoms with Crippen molar-refractivity contribution in [3.63, 3.8) is 0 Å². The molecule has 0 aliphatic rings. The van der Waals surface area contributed by atoms with Crippen LogP contribution in [0.1, 0.15) is 22.5 Å². The second-order valence-electron chi connectivity index (χ2n) is 4.83. The molecule has 2 aromatic rings. The summed E-state index contributed by atoms with van der Waals surface area (Å²) in [6.45, 7) is 3.39. The Hall–Kier alpha value is -1.83. The molecule has 0 radical (unpaired) electrons. The molecule has 0 saturated heterocycles. The maximum Gasteiger partial charge on any atom is 0.126 e. The molecule has 0 spiro atoms. The van der Waals surface area contributed by atoms with E-state index in [0.717, 1.165) is 16.8 Å². The smallest absolute Gasteiger partial charge is 0.126 e. The summed E-state index contributed by atoms with van der Waals surface area (Å²) in [7, 11) is 1.89. The van der Waals surface area contributed by atoms with E-state index < -0.39 is 0 Å². The number of nitrogens with zero attached hydrogens (tertiary/aromatic N) is 2. The largest absolute Gasteiger partial charge is 0.340 e. The minimum atomic E-state index is -0.156. The minimum Gasteiger partial charge on any atom is -0.340 e. The first-order valence-corrected chi connectivity index (χ1v) is 6.63. The molecule has 21 heavy (non-hydrogen) atoms. The Morgan fingerprint density at radius 2 is 2.00 bits per heavy atom. The number of hydrogen-bond acceptors (Lipinski definition) is 2. The third-order valence-electron chi connectivity index (χ3n) is 3.60. The van der Waals surface area contributed by atoms with E-state index in [1.807, 2.05) is 30.7 Å². The third-order valence-corrected chi connectivity index (χ3v) is 3.60. The van der Waals surface area contributed by atoms with E-state index in [0.29, 0.717) is 25.2 Å². The molecule has 0 saturated carbocycles. The van der Waals surface area contributed by atoms with Crippen molar-refractivity contribution in [2.75, 3.05) is 6.54 Å². The molecule has 0 atom stereocenters. The Balaban J connectivity index is 0.00000220. The second kappa shape index (κ2) is 7.82. The summed E-state index contributed by atoms with van der Waals surface area (Å²) in [5.74, 6) is -0.156. The normalized spacial score (nSPS) is 10.0. The van der Waals surface area contributed by atoms with E-state index in [2.05, 4.69) is 11.4 Å². The zero-order valence-corrected chi connectivity index (χ0v) is 13.0. The quantitative estimate of drug-likeness (QED) is 0.862. The van der Waals surface area contributed by atoms with Gasteiger partial charge in [-0.2, -0.15) is 5.26 Å². The lowest BCUT2D eigenvalue weighted by atomic mass is 10.1.